The first-order valence-corrected chi connectivity index (χ1v) is 5.91. The summed E-state index contributed by atoms with van der Waals surface area (Å²) in [6.07, 6.45) is 1.52. The van der Waals surface area contributed by atoms with Gasteiger partial charge in [0.1, 0.15) is 5.76 Å². The summed E-state index contributed by atoms with van der Waals surface area (Å²) in [5.74, 6) is 0.529. The van der Waals surface area contributed by atoms with Crippen molar-refractivity contribution in [2.45, 2.75) is 27.3 Å². The van der Waals surface area contributed by atoms with E-state index in [9.17, 15) is 4.79 Å². The molecule has 0 aliphatic heterocycles. The number of hydrogen-bond acceptors (Lipinski definition) is 3. The van der Waals surface area contributed by atoms with Crippen LogP contribution in [-0.4, -0.2) is 22.2 Å². The van der Waals surface area contributed by atoms with E-state index >= 15 is 0 Å². The summed E-state index contributed by atoms with van der Waals surface area (Å²) in [6, 6.07) is 3.69. The van der Waals surface area contributed by atoms with E-state index in [1.807, 2.05) is 24.6 Å². The molecule has 1 amide bonds. The highest BCUT2D eigenvalue weighted by Gasteiger charge is 2.10. The second-order valence-electron chi connectivity index (χ2n) is 4.30. The summed E-state index contributed by atoms with van der Waals surface area (Å²) in [5.41, 5.74) is 2.68. The fourth-order valence-corrected chi connectivity index (χ4v) is 1.89. The molecule has 5 heteroatoms. The van der Waals surface area contributed by atoms with E-state index in [2.05, 4.69) is 10.4 Å². The predicted octanol–water partition coefficient (Wildman–Crippen LogP) is 1.83. The lowest BCUT2D eigenvalue weighted by Gasteiger charge is -2.06. The van der Waals surface area contributed by atoms with Crippen LogP contribution < -0.4 is 5.32 Å². The molecule has 96 valence electrons. The first-order chi connectivity index (χ1) is 8.58. The third-order valence-corrected chi connectivity index (χ3v) is 2.82. The zero-order valence-electron chi connectivity index (χ0n) is 10.9. The number of carbonyl (C=O) groups is 1. The van der Waals surface area contributed by atoms with E-state index in [-0.39, 0.29) is 5.91 Å². The minimum atomic E-state index is -0.109. The molecule has 2 aromatic rings. The number of aryl methyl sites for hydroxylation is 3. The Balaban J connectivity index is 1.88. The monoisotopic (exact) mass is 247 g/mol. The van der Waals surface area contributed by atoms with Crippen molar-refractivity contribution in [1.82, 2.24) is 15.1 Å². The van der Waals surface area contributed by atoms with Gasteiger partial charge >= 0.3 is 0 Å². The number of carbonyl (C=O) groups excluding carboxylic acids is 1. The lowest BCUT2D eigenvalue weighted by Crippen LogP contribution is -2.27. The first kappa shape index (κ1) is 12.4. The van der Waals surface area contributed by atoms with E-state index in [4.69, 9.17) is 4.42 Å². The number of hydrogen-bond donors (Lipinski definition) is 1. The molecule has 0 unspecified atom stereocenters. The van der Waals surface area contributed by atoms with Crippen molar-refractivity contribution in [2.24, 2.45) is 0 Å². The molecule has 0 fully saturated rings. The fourth-order valence-electron chi connectivity index (χ4n) is 1.89. The minimum absolute atomic E-state index is 0.109. The molecule has 0 saturated heterocycles. The van der Waals surface area contributed by atoms with Gasteiger partial charge < -0.3 is 9.73 Å². The van der Waals surface area contributed by atoms with Crippen LogP contribution >= 0.6 is 0 Å². The summed E-state index contributed by atoms with van der Waals surface area (Å²) >= 11 is 0. The summed E-state index contributed by atoms with van der Waals surface area (Å²) in [4.78, 5) is 11.8. The molecule has 0 atom stereocenters. The summed E-state index contributed by atoms with van der Waals surface area (Å²) in [6.45, 7) is 6.95. The number of nitrogens with zero attached hydrogens (tertiary/aromatic N) is 2. The zero-order chi connectivity index (χ0) is 13.1. The number of furan rings is 1. The third-order valence-electron chi connectivity index (χ3n) is 2.82. The van der Waals surface area contributed by atoms with Crippen LogP contribution in [0.4, 0.5) is 0 Å². The average Bonchev–Trinajstić information content (AvgIpc) is 2.85. The molecule has 0 bridgehead atoms. The van der Waals surface area contributed by atoms with E-state index in [0.717, 1.165) is 11.4 Å². The lowest BCUT2D eigenvalue weighted by atomic mass is 10.2. The quantitative estimate of drug-likeness (QED) is 0.896. The van der Waals surface area contributed by atoms with E-state index in [0.29, 0.717) is 24.4 Å². The van der Waals surface area contributed by atoms with Crippen molar-refractivity contribution < 1.29 is 9.21 Å². The normalized spacial score (nSPS) is 10.6. The molecule has 0 aliphatic carbocycles. The van der Waals surface area contributed by atoms with Crippen molar-refractivity contribution in [1.29, 1.82) is 0 Å². The maximum atomic E-state index is 11.8. The average molecular weight is 247 g/mol. The van der Waals surface area contributed by atoms with Crippen LogP contribution in [0.25, 0.3) is 0 Å². The van der Waals surface area contributed by atoms with Crippen molar-refractivity contribution >= 4 is 5.91 Å². The topological polar surface area (TPSA) is 60.1 Å². The van der Waals surface area contributed by atoms with Gasteiger partial charge in [0.15, 0.2) is 0 Å². The maximum absolute atomic E-state index is 11.8. The van der Waals surface area contributed by atoms with Gasteiger partial charge in [-0.1, -0.05) is 0 Å². The number of aromatic nitrogens is 2. The van der Waals surface area contributed by atoms with Gasteiger partial charge in [0.2, 0.25) is 0 Å². The van der Waals surface area contributed by atoms with Crippen LogP contribution in [0, 0.1) is 20.8 Å². The third kappa shape index (κ3) is 2.61. The standard InChI is InChI=1S/C13H17N3O2/c1-9-8-10(2)16(15-9)6-5-14-13(17)12-4-7-18-11(12)3/h4,7-8H,5-6H2,1-3H3,(H,14,17). The Morgan fingerprint density at radius 3 is 2.78 bits per heavy atom. The van der Waals surface area contributed by atoms with E-state index in [1.54, 1.807) is 13.0 Å². The van der Waals surface area contributed by atoms with Gasteiger partial charge in [0, 0.05) is 12.2 Å². The molecule has 2 aromatic heterocycles. The molecule has 18 heavy (non-hydrogen) atoms. The maximum Gasteiger partial charge on any atom is 0.254 e. The molecule has 0 saturated carbocycles. The highest BCUT2D eigenvalue weighted by atomic mass is 16.3. The van der Waals surface area contributed by atoms with Gasteiger partial charge in [-0.05, 0) is 32.9 Å². The summed E-state index contributed by atoms with van der Waals surface area (Å²) in [5, 5.41) is 7.19. The molecular formula is C13H17N3O2. The SMILES string of the molecule is Cc1cc(C)n(CCNC(=O)c2ccoc2C)n1. The second kappa shape index (κ2) is 5.08. The van der Waals surface area contributed by atoms with Crippen LogP contribution in [0.2, 0.25) is 0 Å². The van der Waals surface area contributed by atoms with Gasteiger partial charge in [-0.3, -0.25) is 9.48 Å². The number of amides is 1. The van der Waals surface area contributed by atoms with Crippen molar-refractivity contribution in [3.8, 4) is 0 Å². The summed E-state index contributed by atoms with van der Waals surface area (Å²) in [7, 11) is 0. The first-order valence-electron chi connectivity index (χ1n) is 5.91. The second-order valence-corrected chi connectivity index (χ2v) is 4.30. The summed E-state index contributed by atoms with van der Waals surface area (Å²) < 4.78 is 6.98. The highest BCUT2D eigenvalue weighted by Crippen LogP contribution is 2.08. The van der Waals surface area contributed by atoms with Crippen molar-refractivity contribution in [3.63, 3.8) is 0 Å². The zero-order valence-corrected chi connectivity index (χ0v) is 10.9. The molecule has 5 nitrogen and oxygen atoms in total. The Bertz CT molecular complexity index is 554. The Morgan fingerprint density at radius 1 is 1.44 bits per heavy atom. The van der Waals surface area contributed by atoms with E-state index < -0.39 is 0 Å². The van der Waals surface area contributed by atoms with Crippen LogP contribution in [0.15, 0.2) is 22.8 Å². The van der Waals surface area contributed by atoms with Crippen LogP contribution in [-0.2, 0) is 6.54 Å². The molecule has 0 aliphatic rings. The lowest BCUT2D eigenvalue weighted by molar-refractivity contribution is 0.0950. The van der Waals surface area contributed by atoms with E-state index in [1.165, 1.54) is 6.26 Å². The molecule has 2 rings (SSSR count). The largest absolute Gasteiger partial charge is 0.469 e. The van der Waals surface area contributed by atoms with Crippen LogP contribution in [0.5, 0.6) is 0 Å². The van der Waals surface area contributed by atoms with Gasteiger partial charge in [0.05, 0.1) is 24.1 Å². The van der Waals surface area contributed by atoms with Gasteiger partial charge in [-0.25, -0.2) is 0 Å². The fraction of sp³-hybridized carbons (Fsp3) is 0.385. The Morgan fingerprint density at radius 2 is 2.22 bits per heavy atom. The predicted molar refractivity (Wildman–Crippen MR) is 67.5 cm³/mol. The minimum Gasteiger partial charge on any atom is -0.469 e. The number of rotatable bonds is 4. The molecule has 2 heterocycles. The Labute approximate surface area is 106 Å². The molecule has 0 spiro atoms. The highest BCUT2D eigenvalue weighted by molar-refractivity contribution is 5.94. The molecule has 0 radical (unpaired) electrons. The van der Waals surface area contributed by atoms with Crippen LogP contribution in [0.1, 0.15) is 27.5 Å². The molecule has 1 N–H and O–H groups in total. The molecular weight excluding hydrogens is 230 g/mol. The Kier molecular flexibility index (Phi) is 3.50. The smallest absolute Gasteiger partial charge is 0.254 e. The van der Waals surface area contributed by atoms with Gasteiger partial charge in [-0.15, -0.1) is 0 Å². The van der Waals surface area contributed by atoms with Gasteiger partial charge in [0.25, 0.3) is 5.91 Å². The van der Waals surface area contributed by atoms with Crippen molar-refractivity contribution in [3.05, 3.63) is 41.1 Å². The number of nitrogens with one attached hydrogen (secondary N) is 1. The van der Waals surface area contributed by atoms with Crippen molar-refractivity contribution in [2.75, 3.05) is 6.54 Å². The Hall–Kier alpha value is -2.04. The molecule has 0 aromatic carbocycles. The van der Waals surface area contributed by atoms with Gasteiger partial charge in [-0.2, -0.15) is 5.10 Å². The van der Waals surface area contributed by atoms with Crippen LogP contribution in [0.3, 0.4) is 0 Å².